The highest BCUT2D eigenvalue weighted by Crippen LogP contribution is 2.36. The van der Waals surface area contributed by atoms with E-state index in [4.69, 9.17) is 10.5 Å². The van der Waals surface area contributed by atoms with Crippen LogP contribution in [-0.4, -0.2) is 16.7 Å². The number of H-pyrrole nitrogens is 1. The van der Waals surface area contributed by atoms with Gasteiger partial charge in [-0.3, -0.25) is 10.1 Å². The molecule has 1 amide bonds. The van der Waals surface area contributed by atoms with E-state index in [9.17, 15) is 20.1 Å². The molecular formula is C18H16BrN5O3. The zero-order valence-electron chi connectivity index (χ0n) is 14.8. The number of ether oxygens (including phenoxy) is 1. The van der Waals surface area contributed by atoms with Crippen molar-refractivity contribution < 1.29 is 9.53 Å². The Labute approximate surface area is 163 Å². The Morgan fingerprint density at radius 1 is 1.26 bits per heavy atom. The number of aromatic amines is 1. The lowest BCUT2D eigenvalue weighted by Crippen LogP contribution is -2.27. The first kappa shape index (κ1) is 20.0. The van der Waals surface area contributed by atoms with Crippen LogP contribution in [0, 0.1) is 22.7 Å². The SMILES string of the molecule is CC(C)(C)OC(=O)Nc1ccc(Br)cc1-c1c(C#N)c(N)[nH]c(=O)c1C#N. The zero-order chi connectivity index (χ0) is 20.4. The van der Waals surface area contributed by atoms with Gasteiger partial charge in [-0.15, -0.1) is 0 Å². The van der Waals surface area contributed by atoms with Crippen LogP contribution < -0.4 is 16.6 Å². The van der Waals surface area contributed by atoms with E-state index in [1.165, 1.54) is 0 Å². The molecule has 0 saturated heterocycles. The number of pyridine rings is 1. The normalized spacial score (nSPS) is 10.6. The Bertz CT molecular complexity index is 1050. The second-order valence-electron chi connectivity index (χ2n) is 6.53. The molecule has 138 valence electrons. The van der Waals surface area contributed by atoms with Crippen LogP contribution in [0.1, 0.15) is 31.9 Å². The summed E-state index contributed by atoms with van der Waals surface area (Å²) in [6, 6.07) is 8.48. The van der Waals surface area contributed by atoms with Crippen molar-refractivity contribution in [1.29, 1.82) is 10.5 Å². The van der Waals surface area contributed by atoms with Crippen LogP contribution in [-0.2, 0) is 4.74 Å². The number of nitriles is 2. The topological polar surface area (TPSA) is 145 Å². The van der Waals surface area contributed by atoms with Crippen LogP contribution in [0.4, 0.5) is 16.3 Å². The molecular weight excluding hydrogens is 414 g/mol. The Kier molecular flexibility index (Phi) is 5.58. The molecule has 1 aromatic heterocycles. The monoisotopic (exact) mass is 429 g/mol. The van der Waals surface area contributed by atoms with Gasteiger partial charge < -0.3 is 15.5 Å². The van der Waals surface area contributed by atoms with Crippen molar-refractivity contribution in [2.45, 2.75) is 26.4 Å². The molecule has 2 aromatic rings. The summed E-state index contributed by atoms with van der Waals surface area (Å²) in [4.78, 5) is 26.6. The number of hydrogen-bond donors (Lipinski definition) is 3. The number of nitrogens with one attached hydrogen (secondary N) is 2. The quantitative estimate of drug-likeness (QED) is 0.665. The zero-order valence-corrected chi connectivity index (χ0v) is 16.4. The van der Waals surface area contributed by atoms with Crippen molar-refractivity contribution >= 4 is 33.5 Å². The Morgan fingerprint density at radius 3 is 2.44 bits per heavy atom. The minimum Gasteiger partial charge on any atom is -0.444 e. The summed E-state index contributed by atoms with van der Waals surface area (Å²) in [6.07, 6.45) is -0.721. The molecule has 8 nitrogen and oxygen atoms in total. The first-order chi connectivity index (χ1) is 12.6. The number of halogens is 1. The lowest BCUT2D eigenvalue weighted by Gasteiger charge is -2.21. The van der Waals surface area contributed by atoms with E-state index in [2.05, 4.69) is 26.2 Å². The first-order valence-electron chi connectivity index (χ1n) is 7.73. The second kappa shape index (κ2) is 7.52. The third kappa shape index (κ3) is 4.46. The van der Waals surface area contributed by atoms with Gasteiger partial charge in [0.2, 0.25) is 0 Å². The third-order valence-electron chi connectivity index (χ3n) is 3.35. The fourth-order valence-corrected chi connectivity index (χ4v) is 2.72. The van der Waals surface area contributed by atoms with E-state index in [-0.39, 0.29) is 33.8 Å². The van der Waals surface area contributed by atoms with E-state index >= 15 is 0 Å². The summed E-state index contributed by atoms with van der Waals surface area (Å²) in [5.74, 6) is -0.167. The average Bonchev–Trinajstić information content (AvgIpc) is 2.54. The summed E-state index contributed by atoms with van der Waals surface area (Å²) in [6.45, 7) is 5.15. The van der Waals surface area contributed by atoms with Gasteiger partial charge in [-0.2, -0.15) is 10.5 Å². The number of nitrogen functional groups attached to an aromatic ring is 1. The largest absolute Gasteiger partial charge is 0.444 e. The van der Waals surface area contributed by atoms with E-state index in [0.29, 0.717) is 4.47 Å². The van der Waals surface area contributed by atoms with Crippen LogP contribution in [0.2, 0.25) is 0 Å². The number of carbonyl (C=O) groups is 1. The van der Waals surface area contributed by atoms with Crippen LogP contribution in [0.25, 0.3) is 11.1 Å². The van der Waals surface area contributed by atoms with Crippen LogP contribution in [0.5, 0.6) is 0 Å². The molecule has 0 aliphatic rings. The number of aromatic nitrogens is 1. The summed E-state index contributed by atoms with van der Waals surface area (Å²) in [5.41, 5.74) is 4.52. The van der Waals surface area contributed by atoms with Crippen LogP contribution in [0.15, 0.2) is 27.5 Å². The molecule has 0 aliphatic heterocycles. The molecule has 1 aromatic carbocycles. The summed E-state index contributed by atoms with van der Waals surface area (Å²) < 4.78 is 5.85. The van der Waals surface area contributed by atoms with E-state index in [0.717, 1.165) is 0 Å². The number of carbonyl (C=O) groups excluding carboxylic acids is 1. The van der Waals surface area contributed by atoms with Crippen molar-refractivity contribution in [1.82, 2.24) is 4.98 Å². The predicted octanol–water partition coefficient (Wildman–Crippen LogP) is 3.48. The second-order valence-corrected chi connectivity index (χ2v) is 7.45. The molecule has 9 heteroatoms. The van der Waals surface area contributed by atoms with Crippen molar-refractivity contribution in [3.05, 3.63) is 44.2 Å². The number of nitrogens with zero attached hydrogens (tertiary/aromatic N) is 2. The van der Waals surface area contributed by atoms with Gasteiger partial charge in [0, 0.05) is 15.6 Å². The number of amides is 1. The first-order valence-corrected chi connectivity index (χ1v) is 8.52. The van der Waals surface area contributed by atoms with Gasteiger partial charge in [0.05, 0.1) is 5.69 Å². The highest BCUT2D eigenvalue weighted by atomic mass is 79.9. The summed E-state index contributed by atoms with van der Waals surface area (Å²) in [7, 11) is 0. The third-order valence-corrected chi connectivity index (χ3v) is 3.85. The van der Waals surface area contributed by atoms with Gasteiger partial charge in [0.15, 0.2) is 0 Å². The Hall–Kier alpha value is -3.30. The van der Waals surface area contributed by atoms with Gasteiger partial charge in [0.1, 0.15) is 34.7 Å². The molecule has 0 saturated carbocycles. The van der Waals surface area contributed by atoms with Crippen molar-refractivity contribution in [3.63, 3.8) is 0 Å². The number of nitrogens with two attached hydrogens (primary N) is 1. The van der Waals surface area contributed by atoms with Gasteiger partial charge in [-0.1, -0.05) is 15.9 Å². The van der Waals surface area contributed by atoms with E-state index < -0.39 is 17.3 Å². The minimum atomic E-state index is -0.729. The van der Waals surface area contributed by atoms with Crippen molar-refractivity contribution in [2.75, 3.05) is 11.1 Å². The molecule has 0 atom stereocenters. The highest BCUT2D eigenvalue weighted by molar-refractivity contribution is 9.10. The number of anilines is 2. The molecule has 4 N–H and O–H groups in total. The molecule has 27 heavy (non-hydrogen) atoms. The summed E-state index contributed by atoms with van der Waals surface area (Å²) in [5, 5.41) is 21.5. The minimum absolute atomic E-state index is 0.0357. The molecule has 0 unspecified atom stereocenters. The lowest BCUT2D eigenvalue weighted by molar-refractivity contribution is 0.0636. The molecule has 1 heterocycles. The maximum Gasteiger partial charge on any atom is 0.412 e. The van der Waals surface area contributed by atoms with Crippen molar-refractivity contribution in [3.8, 4) is 23.3 Å². The lowest BCUT2D eigenvalue weighted by atomic mass is 9.95. The molecule has 2 rings (SSSR count). The smallest absolute Gasteiger partial charge is 0.412 e. The maximum absolute atomic E-state index is 12.2. The number of hydrogen-bond acceptors (Lipinski definition) is 6. The number of benzene rings is 1. The maximum atomic E-state index is 12.2. The van der Waals surface area contributed by atoms with Crippen LogP contribution >= 0.6 is 15.9 Å². The number of rotatable bonds is 2. The molecule has 0 radical (unpaired) electrons. The Morgan fingerprint density at radius 2 is 1.89 bits per heavy atom. The fraction of sp³-hybridized carbons (Fsp3) is 0.222. The van der Waals surface area contributed by atoms with E-state index in [1.54, 1.807) is 45.0 Å². The predicted molar refractivity (Wildman–Crippen MR) is 104 cm³/mol. The van der Waals surface area contributed by atoms with Gasteiger partial charge >= 0.3 is 6.09 Å². The fourth-order valence-electron chi connectivity index (χ4n) is 2.36. The Balaban J connectivity index is 2.73. The molecule has 0 fully saturated rings. The molecule has 0 aliphatic carbocycles. The summed E-state index contributed by atoms with van der Waals surface area (Å²) >= 11 is 3.31. The highest BCUT2D eigenvalue weighted by Gasteiger charge is 2.23. The molecule has 0 bridgehead atoms. The van der Waals surface area contributed by atoms with Gasteiger partial charge in [-0.05, 0) is 39.0 Å². The molecule has 0 spiro atoms. The van der Waals surface area contributed by atoms with E-state index in [1.807, 2.05) is 6.07 Å². The average molecular weight is 430 g/mol. The van der Waals surface area contributed by atoms with Crippen molar-refractivity contribution in [2.24, 2.45) is 0 Å². The van der Waals surface area contributed by atoms with Crippen LogP contribution in [0.3, 0.4) is 0 Å². The standard InChI is InChI=1S/C18H16BrN5O3/c1-18(2,3)27-17(26)23-13-5-4-9(19)6-10(13)14-11(7-20)15(22)24-16(25)12(14)8-21/h4-6H,1-3H3,(H,23,26)(H3,22,24,25). The van der Waals surface area contributed by atoms with Gasteiger partial charge in [0.25, 0.3) is 5.56 Å². The van der Waals surface area contributed by atoms with Gasteiger partial charge in [-0.25, -0.2) is 4.79 Å².